The highest BCUT2D eigenvalue weighted by atomic mass is 15.2. The van der Waals surface area contributed by atoms with Gasteiger partial charge in [-0.2, -0.15) is 0 Å². The fourth-order valence-electron chi connectivity index (χ4n) is 2.19. The minimum absolute atomic E-state index is 0.543. The van der Waals surface area contributed by atoms with Gasteiger partial charge in [-0.15, -0.1) is 0 Å². The fraction of sp³-hybridized carbons (Fsp3) is 0.800. The Labute approximate surface area is 112 Å². The van der Waals surface area contributed by atoms with Crippen molar-refractivity contribution in [2.45, 2.75) is 72.3 Å². The Hall–Kier alpha value is -0.990. The van der Waals surface area contributed by atoms with Crippen molar-refractivity contribution in [3.8, 4) is 0 Å². The Kier molecular flexibility index (Phi) is 6.84. The third kappa shape index (κ3) is 4.71. The predicted molar refractivity (Wildman–Crippen MR) is 79.2 cm³/mol. The van der Waals surface area contributed by atoms with E-state index in [1.165, 1.54) is 38.5 Å². The standard InChI is InChI=1S/C15H29N3/c1-5-7-9-10-14(4)18-12-13(3)17-15(18)16-11-8-6-2/h12,14H,5-11H2,1-4H3,(H,16,17). The number of anilines is 1. The second kappa shape index (κ2) is 8.17. The number of aryl methyl sites for hydroxylation is 1. The Bertz CT molecular complexity index is 330. The molecule has 0 aliphatic carbocycles. The van der Waals surface area contributed by atoms with Crippen molar-refractivity contribution in [1.82, 2.24) is 9.55 Å². The average Bonchev–Trinajstić information content (AvgIpc) is 2.71. The number of nitrogens with zero attached hydrogens (tertiary/aromatic N) is 2. The minimum atomic E-state index is 0.543. The third-order valence-corrected chi connectivity index (χ3v) is 3.37. The molecule has 0 aliphatic heterocycles. The van der Waals surface area contributed by atoms with Crippen molar-refractivity contribution in [3.63, 3.8) is 0 Å². The molecule has 104 valence electrons. The first-order valence-corrected chi connectivity index (χ1v) is 7.48. The summed E-state index contributed by atoms with van der Waals surface area (Å²) in [5.41, 5.74) is 1.11. The van der Waals surface area contributed by atoms with Crippen LogP contribution in [0.5, 0.6) is 0 Å². The van der Waals surface area contributed by atoms with E-state index in [0.717, 1.165) is 18.2 Å². The van der Waals surface area contributed by atoms with Crippen molar-refractivity contribution in [1.29, 1.82) is 0 Å². The van der Waals surface area contributed by atoms with Gasteiger partial charge in [0.05, 0.1) is 5.69 Å². The van der Waals surface area contributed by atoms with Crippen molar-refractivity contribution >= 4 is 5.95 Å². The summed E-state index contributed by atoms with van der Waals surface area (Å²) >= 11 is 0. The van der Waals surface area contributed by atoms with E-state index >= 15 is 0 Å². The van der Waals surface area contributed by atoms with Gasteiger partial charge in [0, 0.05) is 18.8 Å². The largest absolute Gasteiger partial charge is 0.356 e. The number of rotatable bonds is 9. The maximum Gasteiger partial charge on any atom is 0.203 e. The van der Waals surface area contributed by atoms with E-state index < -0.39 is 0 Å². The summed E-state index contributed by atoms with van der Waals surface area (Å²) in [5.74, 6) is 1.05. The molecule has 3 nitrogen and oxygen atoms in total. The maximum absolute atomic E-state index is 4.58. The van der Waals surface area contributed by atoms with Crippen LogP contribution in [0.1, 0.15) is 71.0 Å². The average molecular weight is 251 g/mol. The Morgan fingerprint density at radius 1 is 1.22 bits per heavy atom. The minimum Gasteiger partial charge on any atom is -0.356 e. The van der Waals surface area contributed by atoms with Crippen LogP contribution in [0.4, 0.5) is 5.95 Å². The smallest absolute Gasteiger partial charge is 0.203 e. The maximum atomic E-state index is 4.58. The lowest BCUT2D eigenvalue weighted by Gasteiger charge is -2.16. The molecule has 0 fully saturated rings. The van der Waals surface area contributed by atoms with Gasteiger partial charge in [0.15, 0.2) is 0 Å². The first-order chi connectivity index (χ1) is 8.69. The molecular formula is C15H29N3. The SMILES string of the molecule is CCCCCC(C)n1cc(C)nc1NCCCC. The highest BCUT2D eigenvalue weighted by molar-refractivity contribution is 5.29. The van der Waals surface area contributed by atoms with Gasteiger partial charge in [-0.05, 0) is 26.7 Å². The van der Waals surface area contributed by atoms with E-state index in [4.69, 9.17) is 0 Å². The van der Waals surface area contributed by atoms with Gasteiger partial charge < -0.3 is 9.88 Å². The van der Waals surface area contributed by atoms with Crippen molar-refractivity contribution in [3.05, 3.63) is 11.9 Å². The molecule has 1 rings (SSSR count). The molecule has 1 aromatic rings. The van der Waals surface area contributed by atoms with Gasteiger partial charge in [0.1, 0.15) is 0 Å². The van der Waals surface area contributed by atoms with Gasteiger partial charge in [0.2, 0.25) is 5.95 Å². The molecule has 1 aromatic heterocycles. The molecule has 0 spiro atoms. The molecule has 1 heterocycles. The monoisotopic (exact) mass is 251 g/mol. The number of unbranched alkanes of at least 4 members (excludes halogenated alkanes) is 3. The normalized spacial score (nSPS) is 12.7. The summed E-state index contributed by atoms with van der Waals surface area (Å²) < 4.78 is 2.31. The lowest BCUT2D eigenvalue weighted by Crippen LogP contribution is -2.11. The Balaban J connectivity index is 2.56. The lowest BCUT2D eigenvalue weighted by molar-refractivity contribution is 0.480. The zero-order valence-corrected chi connectivity index (χ0v) is 12.5. The van der Waals surface area contributed by atoms with Crippen LogP contribution in [0.2, 0.25) is 0 Å². The van der Waals surface area contributed by atoms with Crippen LogP contribution in [-0.2, 0) is 0 Å². The van der Waals surface area contributed by atoms with Gasteiger partial charge in [-0.3, -0.25) is 0 Å². The number of hydrogen-bond donors (Lipinski definition) is 1. The summed E-state index contributed by atoms with van der Waals surface area (Å²) in [5, 5.41) is 3.46. The summed E-state index contributed by atoms with van der Waals surface area (Å²) in [6.07, 6.45) is 9.77. The summed E-state index contributed by atoms with van der Waals surface area (Å²) in [6, 6.07) is 0.543. The molecule has 0 radical (unpaired) electrons. The van der Waals surface area contributed by atoms with Crippen LogP contribution < -0.4 is 5.32 Å². The molecular weight excluding hydrogens is 222 g/mol. The molecule has 0 aliphatic rings. The Morgan fingerprint density at radius 3 is 2.61 bits per heavy atom. The highest BCUT2D eigenvalue weighted by Gasteiger charge is 2.11. The topological polar surface area (TPSA) is 29.9 Å². The Morgan fingerprint density at radius 2 is 1.94 bits per heavy atom. The van der Waals surface area contributed by atoms with Gasteiger partial charge >= 0.3 is 0 Å². The summed E-state index contributed by atoms with van der Waals surface area (Å²) in [6.45, 7) is 9.85. The molecule has 0 amide bonds. The zero-order chi connectivity index (χ0) is 13.4. The molecule has 1 N–H and O–H groups in total. The third-order valence-electron chi connectivity index (χ3n) is 3.37. The molecule has 0 bridgehead atoms. The molecule has 1 atom stereocenters. The van der Waals surface area contributed by atoms with Crippen LogP contribution in [0.15, 0.2) is 6.20 Å². The van der Waals surface area contributed by atoms with Gasteiger partial charge in [-0.25, -0.2) is 4.98 Å². The molecule has 1 unspecified atom stereocenters. The number of aromatic nitrogens is 2. The molecule has 0 saturated carbocycles. The second-order valence-corrected chi connectivity index (χ2v) is 5.24. The number of nitrogens with one attached hydrogen (secondary N) is 1. The van der Waals surface area contributed by atoms with E-state index in [-0.39, 0.29) is 0 Å². The number of hydrogen-bond acceptors (Lipinski definition) is 2. The van der Waals surface area contributed by atoms with Crippen molar-refractivity contribution in [2.24, 2.45) is 0 Å². The van der Waals surface area contributed by atoms with Crippen LogP contribution in [0.25, 0.3) is 0 Å². The van der Waals surface area contributed by atoms with Gasteiger partial charge in [0.25, 0.3) is 0 Å². The zero-order valence-electron chi connectivity index (χ0n) is 12.5. The lowest BCUT2D eigenvalue weighted by atomic mass is 10.1. The molecule has 0 saturated heterocycles. The van der Waals surface area contributed by atoms with Gasteiger partial charge in [-0.1, -0.05) is 39.5 Å². The second-order valence-electron chi connectivity index (χ2n) is 5.24. The number of imidazole rings is 1. The van der Waals surface area contributed by atoms with E-state index in [2.05, 4.69) is 48.8 Å². The summed E-state index contributed by atoms with van der Waals surface area (Å²) in [7, 11) is 0. The quantitative estimate of drug-likeness (QED) is 0.653. The molecule has 3 heteroatoms. The molecule has 18 heavy (non-hydrogen) atoms. The fourth-order valence-corrected chi connectivity index (χ4v) is 2.19. The van der Waals surface area contributed by atoms with Crippen LogP contribution in [0.3, 0.4) is 0 Å². The van der Waals surface area contributed by atoms with Crippen LogP contribution in [-0.4, -0.2) is 16.1 Å². The molecule has 0 aromatic carbocycles. The van der Waals surface area contributed by atoms with E-state index in [9.17, 15) is 0 Å². The van der Waals surface area contributed by atoms with Crippen LogP contribution >= 0.6 is 0 Å². The summed E-state index contributed by atoms with van der Waals surface area (Å²) in [4.78, 5) is 4.58. The van der Waals surface area contributed by atoms with Crippen LogP contribution in [0, 0.1) is 6.92 Å². The predicted octanol–water partition coefficient (Wildman–Crippen LogP) is 4.54. The highest BCUT2D eigenvalue weighted by Crippen LogP contribution is 2.21. The van der Waals surface area contributed by atoms with Crippen molar-refractivity contribution in [2.75, 3.05) is 11.9 Å². The van der Waals surface area contributed by atoms with Crippen molar-refractivity contribution < 1.29 is 0 Å². The first-order valence-electron chi connectivity index (χ1n) is 7.48. The van der Waals surface area contributed by atoms with E-state index in [1.807, 2.05) is 0 Å². The first kappa shape index (κ1) is 15.1. The van der Waals surface area contributed by atoms with E-state index in [0.29, 0.717) is 6.04 Å². The van der Waals surface area contributed by atoms with E-state index in [1.54, 1.807) is 0 Å².